The van der Waals surface area contributed by atoms with Crippen LogP contribution in [-0.4, -0.2) is 54.1 Å². The summed E-state index contributed by atoms with van der Waals surface area (Å²) in [6.45, 7) is 6.62. The van der Waals surface area contributed by atoms with Gasteiger partial charge in [-0.25, -0.2) is 0 Å². The van der Waals surface area contributed by atoms with Gasteiger partial charge in [0.15, 0.2) is 0 Å². The molecule has 2 rings (SSSR count). The predicted octanol–water partition coefficient (Wildman–Crippen LogP) is 2.08. The molecule has 0 radical (unpaired) electrons. The number of hydrogen-bond acceptors (Lipinski definition) is 3. The van der Waals surface area contributed by atoms with Gasteiger partial charge in [0.2, 0.25) is 0 Å². The molecule has 1 aromatic carbocycles. The van der Waals surface area contributed by atoms with Crippen molar-refractivity contribution >= 4 is 17.2 Å². The van der Waals surface area contributed by atoms with Gasteiger partial charge in [-0.2, -0.15) is 0 Å². The first-order chi connectivity index (χ1) is 9.58. The van der Waals surface area contributed by atoms with E-state index in [-0.39, 0.29) is 5.92 Å². The second kappa shape index (κ2) is 7.16. The smallest absolute Gasteiger partial charge is 0.0816 e. The highest BCUT2D eigenvalue weighted by Crippen LogP contribution is 2.20. The molecule has 1 fully saturated rings. The van der Waals surface area contributed by atoms with Crippen molar-refractivity contribution in [2.75, 3.05) is 33.2 Å². The summed E-state index contributed by atoms with van der Waals surface area (Å²) in [5.41, 5.74) is 7.22. The Balaban J connectivity index is 2.10. The summed E-state index contributed by atoms with van der Waals surface area (Å²) in [5.74, 6) is 0.150. The minimum absolute atomic E-state index is 0.150. The lowest BCUT2D eigenvalue weighted by Crippen LogP contribution is -2.42. The number of nitrogens with zero attached hydrogens (tertiary/aromatic N) is 2. The van der Waals surface area contributed by atoms with Crippen LogP contribution in [0, 0.1) is 0 Å². The van der Waals surface area contributed by atoms with E-state index in [0.717, 1.165) is 19.6 Å². The van der Waals surface area contributed by atoms with Crippen LogP contribution in [-0.2, 0) is 0 Å². The number of thiocarbonyl (C=S) groups is 1. The van der Waals surface area contributed by atoms with E-state index in [1.54, 1.807) is 0 Å². The fourth-order valence-corrected chi connectivity index (χ4v) is 3.18. The Labute approximate surface area is 127 Å². The maximum absolute atomic E-state index is 5.99. The summed E-state index contributed by atoms with van der Waals surface area (Å²) in [6.07, 6.45) is 1.21. The van der Waals surface area contributed by atoms with E-state index in [1.807, 2.05) is 6.07 Å². The summed E-state index contributed by atoms with van der Waals surface area (Å²) < 4.78 is 0. The molecule has 1 aliphatic rings. The summed E-state index contributed by atoms with van der Waals surface area (Å²) in [4.78, 5) is 5.53. The van der Waals surface area contributed by atoms with Crippen LogP contribution in [0.2, 0.25) is 0 Å². The van der Waals surface area contributed by atoms with Crippen molar-refractivity contribution in [1.29, 1.82) is 0 Å². The Kier molecular flexibility index (Phi) is 5.52. The van der Waals surface area contributed by atoms with Gasteiger partial charge in [0, 0.05) is 25.0 Å². The van der Waals surface area contributed by atoms with Crippen LogP contribution in [0.25, 0.3) is 0 Å². The third-order valence-corrected chi connectivity index (χ3v) is 4.43. The Bertz CT molecular complexity index is 435. The Morgan fingerprint density at radius 2 is 2.05 bits per heavy atom. The van der Waals surface area contributed by atoms with Crippen molar-refractivity contribution in [1.82, 2.24) is 9.80 Å². The molecule has 1 aliphatic heterocycles. The van der Waals surface area contributed by atoms with E-state index in [1.165, 1.54) is 18.5 Å². The first-order valence-corrected chi connectivity index (χ1v) is 7.75. The summed E-state index contributed by atoms with van der Waals surface area (Å²) in [6, 6.07) is 10.9. The van der Waals surface area contributed by atoms with Crippen LogP contribution in [0.1, 0.15) is 24.8 Å². The summed E-state index contributed by atoms with van der Waals surface area (Å²) >= 11 is 5.30. The van der Waals surface area contributed by atoms with Crippen molar-refractivity contribution in [3.63, 3.8) is 0 Å². The Morgan fingerprint density at radius 3 is 2.70 bits per heavy atom. The lowest BCUT2D eigenvalue weighted by atomic mass is 9.98. The highest BCUT2D eigenvalue weighted by molar-refractivity contribution is 7.80. The molecule has 2 N–H and O–H groups in total. The molecular formula is C16H25N3S. The molecule has 3 nitrogen and oxygen atoms in total. The van der Waals surface area contributed by atoms with Gasteiger partial charge in [0.25, 0.3) is 0 Å². The number of likely N-dealkylation sites (N-methyl/N-ethyl adjacent to an activating group) is 1. The summed E-state index contributed by atoms with van der Waals surface area (Å²) in [7, 11) is 2.20. The third kappa shape index (κ3) is 4.01. The van der Waals surface area contributed by atoms with E-state index >= 15 is 0 Å². The SMILES string of the molecule is CC1CN(C)CCCN1CC(C(N)=S)c1ccccc1. The largest absolute Gasteiger partial charge is 0.393 e. The van der Waals surface area contributed by atoms with Crippen LogP contribution >= 0.6 is 12.2 Å². The van der Waals surface area contributed by atoms with Crippen molar-refractivity contribution in [3.05, 3.63) is 35.9 Å². The molecule has 1 saturated heterocycles. The molecule has 20 heavy (non-hydrogen) atoms. The molecule has 0 saturated carbocycles. The zero-order valence-corrected chi connectivity index (χ0v) is 13.3. The van der Waals surface area contributed by atoms with E-state index < -0.39 is 0 Å². The summed E-state index contributed by atoms with van der Waals surface area (Å²) in [5, 5.41) is 0. The first-order valence-electron chi connectivity index (χ1n) is 7.35. The van der Waals surface area contributed by atoms with E-state index in [0.29, 0.717) is 11.0 Å². The number of nitrogens with two attached hydrogens (primary N) is 1. The van der Waals surface area contributed by atoms with E-state index in [9.17, 15) is 0 Å². The van der Waals surface area contributed by atoms with Crippen LogP contribution in [0.3, 0.4) is 0 Å². The van der Waals surface area contributed by atoms with Gasteiger partial charge >= 0.3 is 0 Å². The van der Waals surface area contributed by atoms with Crippen LogP contribution < -0.4 is 5.73 Å². The maximum atomic E-state index is 5.99. The van der Waals surface area contributed by atoms with E-state index in [2.05, 4.69) is 48.0 Å². The average molecular weight is 291 g/mol. The average Bonchev–Trinajstić information content (AvgIpc) is 2.57. The second-order valence-corrected chi connectivity index (χ2v) is 6.30. The van der Waals surface area contributed by atoms with Gasteiger partial charge in [0.1, 0.15) is 0 Å². The molecule has 110 valence electrons. The molecular weight excluding hydrogens is 266 g/mol. The first kappa shape index (κ1) is 15.4. The fourth-order valence-electron chi connectivity index (χ4n) is 2.97. The minimum Gasteiger partial charge on any atom is -0.393 e. The lowest BCUT2D eigenvalue weighted by molar-refractivity contribution is 0.200. The highest BCUT2D eigenvalue weighted by Gasteiger charge is 2.24. The standard InChI is InChI=1S/C16H25N3S/c1-13-11-18(2)9-6-10-19(13)12-15(16(17)20)14-7-4-3-5-8-14/h3-5,7-8,13,15H,6,9-12H2,1-2H3,(H2,17,20). The normalized spacial score (nSPS) is 23.2. The monoisotopic (exact) mass is 291 g/mol. The van der Waals surface area contributed by atoms with E-state index in [4.69, 9.17) is 18.0 Å². The number of hydrogen-bond donors (Lipinski definition) is 1. The Morgan fingerprint density at radius 1 is 1.35 bits per heavy atom. The molecule has 0 aliphatic carbocycles. The number of rotatable bonds is 4. The van der Waals surface area contributed by atoms with Gasteiger partial charge in [-0.15, -0.1) is 0 Å². The molecule has 0 spiro atoms. The molecule has 2 atom stereocenters. The molecule has 4 heteroatoms. The van der Waals surface area contributed by atoms with Crippen LogP contribution in [0.15, 0.2) is 30.3 Å². The van der Waals surface area contributed by atoms with Crippen LogP contribution in [0.4, 0.5) is 0 Å². The highest BCUT2D eigenvalue weighted by atomic mass is 32.1. The maximum Gasteiger partial charge on any atom is 0.0816 e. The zero-order chi connectivity index (χ0) is 14.5. The second-order valence-electron chi connectivity index (χ2n) is 5.83. The van der Waals surface area contributed by atoms with Gasteiger partial charge in [-0.1, -0.05) is 42.5 Å². The zero-order valence-electron chi connectivity index (χ0n) is 12.5. The molecule has 2 unspecified atom stereocenters. The molecule has 0 bridgehead atoms. The van der Waals surface area contributed by atoms with Gasteiger partial charge in [-0.3, -0.25) is 4.90 Å². The molecule has 1 aromatic rings. The van der Waals surface area contributed by atoms with Crippen molar-refractivity contribution in [2.45, 2.75) is 25.3 Å². The van der Waals surface area contributed by atoms with Crippen LogP contribution in [0.5, 0.6) is 0 Å². The van der Waals surface area contributed by atoms with Crippen molar-refractivity contribution in [2.24, 2.45) is 5.73 Å². The van der Waals surface area contributed by atoms with Crippen molar-refractivity contribution < 1.29 is 0 Å². The minimum atomic E-state index is 0.150. The number of benzene rings is 1. The molecule has 1 heterocycles. The lowest BCUT2D eigenvalue weighted by Gasteiger charge is -2.31. The van der Waals surface area contributed by atoms with Gasteiger partial charge in [0.05, 0.1) is 4.99 Å². The van der Waals surface area contributed by atoms with Gasteiger partial charge in [-0.05, 0) is 39.0 Å². The fraction of sp³-hybridized carbons (Fsp3) is 0.562. The molecule has 0 amide bonds. The quantitative estimate of drug-likeness (QED) is 0.861. The third-order valence-electron chi connectivity index (χ3n) is 4.15. The Hall–Kier alpha value is -0.970. The predicted molar refractivity (Wildman–Crippen MR) is 89.1 cm³/mol. The molecule has 0 aromatic heterocycles. The van der Waals surface area contributed by atoms with Gasteiger partial charge < -0.3 is 10.6 Å². The topological polar surface area (TPSA) is 32.5 Å². The van der Waals surface area contributed by atoms with Crippen molar-refractivity contribution in [3.8, 4) is 0 Å².